The Bertz CT molecular complexity index is 953. The Hall–Kier alpha value is -1.99. The van der Waals surface area contributed by atoms with Gasteiger partial charge in [0.05, 0.1) is 10.6 Å². The van der Waals surface area contributed by atoms with Crippen molar-refractivity contribution in [1.29, 1.82) is 0 Å². The van der Waals surface area contributed by atoms with Gasteiger partial charge >= 0.3 is 0 Å². The van der Waals surface area contributed by atoms with Crippen molar-refractivity contribution >= 4 is 39.1 Å². The lowest BCUT2D eigenvalue weighted by Crippen LogP contribution is -2.18. The zero-order valence-electron chi connectivity index (χ0n) is 17.7. The van der Waals surface area contributed by atoms with Gasteiger partial charge in [0, 0.05) is 11.4 Å². The number of carbonyl (C=O) groups is 1. The fraction of sp³-hybridized carbons (Fsp3) is 0.409. The molecule has 0 bridgehead atoms. The van der Waals surface area contributed by atoms with Crippen molar-refractivity contribution in [2.75, 3.05) is 21.5 Å². The Morgan fingerprint density at radius 3 is 2.31 bits per heavy atom. The first-order valence-electron chi connectivity index (χ1n) is 9.67. The summed E-state index contributed by atoms with van der Waals surface area (Å²) in [6.45, 7) is 9.87. The van der Waals surface area contributed by atoms with Gasteiger partial charge in [0.25, 0.3) is 10.0 Å². The molecule has 0 heterocycles. The summed E-state index contributed by atoms with van der Waals surface area (Å²) in [5, 5.41) is 2.86. The van der Waals surface area contributed by atoms with E-state index in [1.54, 1.807) is 36.9 Å². The highest BCUT2D eigenvalue weighted by Gasteiger charge is 2.19. The standard InChI is InChI=1S/C22H30N2O3S2/c1-15(2)10-11-28-14-22(25)23-20-13-21(18(5)12-17(20)4)29(26,27)24-19-8-6-16(3)7-9-19/h6-9,12-13,15,24H,10-11,14H2,1-5H3,(H,23,25). The van der Waals surface area contributed by atoms with Crippen LogP contribution in [0.3, 0.4) is 0 Å². The third-order valence-electron chi connectivity index (χ3n) is 4.46. The van der Waals surface area contributed by atoms with Crippen molar-refractivity contribution in [2.45, 2.75) is 45.9 Å². The maximum atomic E-state index is 12.9. The fourth-order valence-electron chi connectivity index (χ4n) is 2.76. The van der Waals surface area contributed by atoms with Crippen LogP contribution in [0.15, 0.2) is 41.3 Å². The van der Waals surface area contributed by atoms with Crippen LogP contribution in [-0.2, 0) is 14.8 Å². The van der Waals surface area contributed by atoms with E-state index >= 15 is 0 Å². The van der Waals surface area contributed by atoms with Crippen LogP contribution in [0.5, 0.6) is 0 Å². The summed E-state index contributed by atoms with van der Waals surface area (Å²) in [4.78, 5) is 12.4. The molecule has 0 unspecified atom stereocenters. The molecular weight excluding hydrogens is 404 g/mol. The van der Waals surface area contributed by atoms with Crippen molar-refractivity contribution in [1.82, 2.24) is 0 Å². The Labute approximate surface area is 178 Å². The van der Waals surface area contributed by atoms with Crippen molar-refractivity contribution in [3.63, 3.8) is 0 Å². The van der Waals surface area contributed by atoms with Gasteiger partial charge in [-0.3, -0.25) is 9.52 Å². The van der Waals surface area contributed by atoms with Crippen molar-refractivity contribution < 1.29 is 13.2 Å². The van der Waals surface area contributed by atoms with Gasteiger partial charge in [-0.15, -0.1) is 0 Å². The van der Waals surface area contributed by atoms with Gasteiger partial charge in [0.1, 0.15) is 0 Å². The summed E-state index contributed by atoms with van der Waals surface area (Å²) in [7, 11) is -3.77. The topological polar surface area (TPSA) is 75.3 Å². The molecule has 0 aliphatic carbocycles. The largest absolute Gasteiger partial charge is 0.325 e. The zero-order chi connectivity index (χ0) is 21.6. The minimum atomic E-state index is -3.77. The fourth-order valence-corrected chi connectivity index (χ4v) is 5.11. The number of hydrogen-bond acceptors (Lipinski definition) is 4. The first-order chi connectivity index (χ1) is 13.6. The summed E-state index contributed by atoms with van der Waals surface area (Å²) in [6, 6.07) is 10.5. The lowest BCUT2D eigenvalue weighted by Gasteiger charge is -2.15. The van der Waals surface area contributed by atoms with Crippen molar-refractivity contribution in [2.24, 2.45) is 5.92 Å². The lowest BCUT2D eigenvalue weighted by atomic mass is 10.1. The van der Waals surface area contributed by atoms with Crippen LogP contribution in [0, 0.1) is 26.7 Å². The number of nitrogens with one attached hydrogen (secondary N) is 2. The third-order valence-corrected chi connectivity index (χ3v) is 6.98. The summed E-state index contributed by atoms with van der Waals surface area (Å²) >= 11 is 1.59. The molecular formula is C22H30N2O3S2. The summed E-state index contributed by atoms with van der Waals surface area (Å²) in [5.41, 5.74) is 3.54. The number of benzene rings is 2. The molecule has 0 saturated carbocycles. The van der Waals surface area contributed by atoms with Gasteiger partial charge in [-0.25, -0.2) is 8.42 Å². The maximum absolute atomic E-state index is 12.9. The van der Waals surface area contributed by atoms with E-state index in [4.69, 9.17) is 0 Å². The second-order valence-corrected chi connectivity index (χ2v) is 10.4. The Morgan fingerprint density at radius 2 is 1.69 bits per heavy atom. The Morgan fingerprint density at radius 1 is 1.03 bits per heavy atom. The number of hydrogen-bond donors (Lipinski definition) is 2. The van der Waals surface area contributed by atoms with Gasteiger partial charge in [-0.2, -0.15) is 11.8 Å². The van der Waals surface area contributed by atoms with Crippen LogP contribution in [-0.4, -0.2) is 25.8 Å². The number of sulfonamides is 1. The van der Waals surface area contributed by atoms with Crippen LogP contribution >= 0.6 is 11.8 Å². The molecule has 1 amide bonds. The average molecular weight is 435 g/mol. The third kappa shape index (κ3) is 7.08. The first-order valence-corrected chi connectivity index (χ1v) is 12.3. The van der Waals surface area contributed by atoms with E-state index in [1.165, 1.54) is 6.07 Å². The van der Waals surface area contributed by atoms with Crippen molar-refractivity contribution in [3.8, 4) is 0 Å². The highest BCUT2D eigenvalue weighted by Crippen LogP contribution is 2.26. The van der Waals surface area contributed by atoms with Gasteiger partial charge in [0.15, 0.2) is 0 Å². The average Bonchev–Trinajstić information content (AvgIpc) is 2.62. The van der Waals surface area contributed by atoms with Crippen LogP contribution < -0.4 is 10.0 Å². The molecule has 0 aromatic heterocycles. The molecule has 0 fully saturated rings. The molecule has 2 aromatic rings. The Balaban J connectivity index is 2.15. The Kier molecular flexibility index (Phi) is 8.16. The number of rotatable bonds is 9. The predicted molar refractivity (Wildman–Crippen MR) is 123 cm³/mol. The predicted octanol–water partition coefficient (Wildman–Crippen LogP) is 5.13. The number of thioether (sulfide) groups is 1. The molecule has 0 spiro atoms. The van der Waals surface area contributed by atoms with Gasteiger partial charge in [-0.05, 0) is 68.2 Å². The quantitative estimate of drug-likeness (QED) is 0.537. The molecule has 0 aliphatic rings. The van der Waals surface area contributed by atoms with E-state index in [0.29, 0.717) is 28.6 Å². The molecule has 29 heavy (non-hydrogen) atoms. The monoisotopic (exact) mass is 434 g/mol. The minimum absolute atomic E-state index is 0.124. The molecule has 2 rings (SSSR count). The molecule has 0 atom stereocenters. The van der Waals surface area contributed by atoms with Crippen LogP contribution in [0.1, 0.15) is 37.0 Å². The molecule has 0 aliphatic heterocycles. The number of aryl methyl sites for hydroxylation is 3. The van der Waals surface area contributed by atoms with Gasteiger partial charge < -0.3 is 5.32 Å². The van der Waals surface area contributed by atoms with E-state index in [1.807, 2.05) is 26.0 Å². The van der Waals surface area contributed by atoms with E-state index in [9.17, 15) is 13.2 Å². The summed E-state index contributed by atoms with van der Waals surface area (Å²) in [5.74, 6) is 1.76. The molecule has 2 N–H and O–H groups in total. The van der Waals surface area contributed by atoms with Crippen LogP contribution in [0.2, 0.25) is 0 Å². The smallest absolute Gasteiger partial charge is 0.262 e. The molecule has 158 valence electrons. The zero-order valence-corrected chi connectivity index (χ0v) is 19.3. The van der Waals surface area contributed by atoms with Gasteiger partial charge in [-0.1, -0.05) is 37.6 Å². The SMILES string of the molecule is Cc1ccc(NS(=O)(=O)c2cc(NC(=O)CSCCC(C)C)c(C)cc2C)cc1. The second-order valence-electron chi connectivity index (χ2n) is 7.69. The van der Waals surface area contributed by atoms with Crippen LogP contribution in [0.25, 0.3) is 0 Å². The van der Waals surface area contributed by atoms with Crippen LogP contribution in [0.4, 0.5) is 11.4 Å². The van der Waals surface area contributed by atoms with E-state index in [-0.39, 0.29) is 10.8 Å². The molecule has 7 heteroatoms. The highest BCUT2D eigenvalue weighted by molar-refractivity contribution is 7.99. The molecule has 2 aromatic carbocycles. The molecule has 5 nitrogen and oxygen atoms in total. The lowest BCUT2D eigenvalue weighted by molar-refractivity contribution is -0.113. The molecule has 0 radical (unpaired) electrons. The summed E-state index contributed by atoms with van der Waals surface area (Å²) in [6.07, 6.45) is 1.06. The summed E-state index contributed by atoms with van der Waals surface area (Å²) < 4.78 is 28.4. The van der Waals surface area contributed by atoms with E-state index in [0.717, 1.165) is 23.3 Å². The van der Waals surface area contributed by atoms with Gasteiger partial charge in [0.2, 0.25) is 5.91 Å². The number of amides is 1. The first kappa shape index (κ1) is 23.3. The van der Waals surface area contributed by atoms with Crippen molar-refractivity contribution in [3.05, 3.63) is 53.1 Å². The van der Waals surface area contributed by atoms with E-state index < -0.39 is 10.0 Å². The number of anilines is 2. The molecule has 0 saturated heterocycles. The minimum Gasteiger partial charge on any atom is -0.325 e. The number of carbonyl (C=O) groups excluding carboxylic acids is 1. The maximum Gasteiger partial charge on any atom is 0.262 e. The normalized spacial score (nSPS) is 11.5. The highest BCUT2D eigenvalue weighted by atomic mass is 32.2. The second kappa shape index (κ2) is 10.2. The van der Waals surface area contributed by atoms with E-state index in [2.05, 4.69) is 23.9 Å².